The van der Waals surface area contributed by atoms with Crippen LogP contribution in [0.5, 0.6) is 11.5 Å². The number of amides is 1. The Labute approximate surface area is 184 Å². The van der Waals surface area contributed by atoms with Gasteiger partial charge in [0.05, 0.1) is 31.2 Å². The van der Waals surface area contributed by atoms with Crippen molar-refractivity contribution in [3.8, 4) is 11.5 Å². The molecule has 32 heavy (non-hydrogen) atoms. The monoisotopic (exact) mass is 427 g/mol. The van der Waals surface area contributed by atoms with Crippen molar-refractivity contribution in [3.05, 3.63) is 99.4 Å². The average Bonchev–Trinajstić information content (AvgIpc) is 3.12. The number of methoxy groups -OCH3 is 2. The number of fused-ring (bicyclic) bond motifs is 2. The van der Waals surface area contributed by atoms with Gasteiger partial charge in [-0.15, -0.1) is 0 Å². The molecule has 1 aliphatic rings. The van der Waals surface area contributed by atoms with E-state index < -0.39 is 6.04 Å². The van der Waals surface area contributed by atoms with Gasteiger partial charge in [0.1, 0.15) is 17.1 Å². The normalized spacial score (nSPS) is 15.2. The largest absolute Gasteiger partial charge is 0.497 e. The van der Waals surface area contributed by atoms with Gasteiger partial charge >= 0.3 is 0 Å². The van der Waals surface area contributed by atoms with Crippen LogP contribution in [-0.2, 0) is 0 Å². The second kappa shape index (κ2) is 7.57. The number of anilines is 1. The highest BCUT2D eigenvalue weighted by atomic mass is 16.5. The molecule has 4 aromatic rings. The lowest BCUT2D eigenvalue weighted by Crippen LogP contribution is -2.29. The van der Waals surface area contributed by atoms with Crippen LogP contribution in [0.1, 0.15) is 33.3 Å². The van der Waals surface area contributed by atoms with E-state index in [4.69, 9.17) is 13.9 Å². The first-order valence-corrected chi connectivity index (χ1v) is 10.2. The van der Waals surface area contributed by atoms with E-state index in [0.717, 1.165) is 11.1 Å². The maximum atomic E-state index is 13.6. The lowest BCUT2D eigenvalue weighted by Gasteiger charge is -2.25. The maximum absolute atomic E-state index is 13.6. The van der Waals surface area contributed by atoms with Crippen molar-refractivity contribution in [2.45, 2.75) is 13.0 Å². The number of ether oxygens (including phenoxy) is 2. The average molecular weight is 427 g/mol. The minimum atomic E-state index is -0.651. The zero-order valence-electron chi connectivity index (χ0n) is 17.9. The molecule has 0 N–H and O–H groups in total. The first kappa shape index (κ1) is 19.9. The summed E-state index contributed by atoms with van der Waals surface area (Å²) in [6.45, 7) is 1.92. The molecule has 0 bridgehead atoms. The van der Waals surface area contributed by atoms with Crippen molar-refractivity contribution in [3.63, 3.8) is 0 Å². The fraction of sp³-hybridized carbons (Fsp3) is 0.154. The van der Waals surface area contributed by atoms with Gasteiger partial charge in [-0.3, -0.25) is 14.5 Å². The fourth-order valence-corrected chi connectivity index (χ4v) is 4.22. The molecule has 160 valence electrons. The second-order valence-corrected chi connectivity index (χ2v) is 7.73. The van der Waals surface area contributed by atoms with Gasteiger partial charge < -0.3 is 13.9 Å². The van der Waals surface area contributed by atoms with Crippen molar-refractivity contribution in [1.82, 2.24) is 0 Å². The third-order valence-electron chi connectivity index (χ3n) is 5.79. The molecule has 0 radical (unpaired) electrons. The molecule has 2 heterocycles. The molecular formula is C26H21NO5. The third kappa shape index (κ3) is 3.03. The van der Waals surface area contributed by atoms with E-state index in [1.807, 2.05) is 37.3 Å². The lowest BCUT2D eigenvalue weighted by atomic mass is 9.97. The van der Waals surface area contributed by atoms with Gasteiger partial charge in [-0.1, -0.05) is 23.8 Å². The molecular weight excluding hydrogens is 406 g/mol. The topological polar surface area (TPSA) is 69.0 Å². The number of carbonyl (C=O) groups is 1. The van der Waals surface area contributed by atoms with Crippen LogP contribution in [0.2, 0.25) is 0 Å². The molecule has 0 saturated carbocycles. The number of hydrogen-bond acceptors (Lipinski definition) is 5. The van der Waals surface area contributed by atoms with E-state index in [2.05, 4.69) is 0 Å². The summed E-state index contributed by atoms with van der Waals surface area (Å²) >= 11 is 0. The summed E-state index contributed by atoms with van der Waals surface area (Å²) in [6, 6.07) is 19.3. The molecule has 5 rings (SSSR count). The smallest absolute Gasteiger partial charge is 0.295 e. The van der Waals surface area contributed by atoms with Crippen LogP contribution in [0.25, 0.3) is 11.0 Å². The van der Waals surface area contributed by atoms with Crippen LogP contribution in [0.3, 0.4) is 0 Å². The first-order chi connectivity index (χ1) is 15.5. The molecule has 0 fully saturated rings. The number of benzene rings is 3. The van der Waals surface area contributed by atoms with Crippen molar-refractivity contribution < 1.29 is 18.7 Å². The van der Waals surface area contributed by atoms with Gasteiger partial charge in [0, 0.05) is 5.69 Å². The minimum absolute atomic E-state index is 0.0648. The Bertz CT molecular complexity index is 1400. The van der Waals surface area contributed by atoms with Crippen LogP contribution < -0.4 is 19.8 Å². The van der Waals surface area contributed by atoms with E-state index in [-0.39, 0.29) is 17.1 Å². The SMILES string of the molecule is COc1ccc(N2C(=O)c3oc4ccc(C)cc4c(=O)c3C2c2cccc(OC)c2)cc1. The quantitative estimate of drug-likeness (QED) is 0.465. The molecule has 1 unspecified atom stereocenters. The summed E-state index contributed by atoms with van der Waals surface area (Å²) in [6.07, 6.45) is 0. The number of aryl methyl sites for hydroxylation is 1. The van der Waals surface area contributed by atoms with Crippen LogP contribution >= 0.6 is 0 Å². The predicted molar refractivity (Wildman–Crippen MR) is 122 cm³/mol. The highest BCUT2D eigenvalue weighted by Crippen LogP contribution is 2.42. The van der Waals surface area contributed by atoms with Gasteiger partial charge in [0.2, 0.25) is 5.76 Å². The van der Waals surface area contributed by atoms with Gasteiger partial charge in [0.15, 0.2) is 5.43 Å². The Morgan fingerprint density at radius 3 is 2.34 bits per heavy atom. The molecule has 1 aliphatic heterocycles. The van der Waals surface area contributed by atoms with E-state index in [0.29, 0.717) is 33.7 Å². The van der Waals surface area contributed by atoms with Crippen molar-refractivity contribution in [1.29, 1.82) is 0 Å². The molecule has 1 aromatic heterocycles. The molecule has 3 aromatic carbocycles. The Morgan fingerprint density at radius 1 is 0.875 bits per heavy atom. The number of rotatable bonds is 4. The highest BCUT2D eigenvalue weighted by molar-refractivity contribution is 6.10. The Morgan fingerprint density at radius 2 is 1.62 bits per heavy atom. The second-order valence-electron chi connectivity index (χ2n) is 7.73. The Hall–Kier alpha value is -4.06. The van der Waals surface area contributed by atoms with Crippen molar-refractivity contribution >= 4 is 22.6 Å². The highest BCUT2D eigenvalue weighted by Gasteiger charge is 2.43. The molecule has 0 saturated heterocycles. The fourth-order valence-electron chi connectivity index (χ4n) is 4.22. The van der Waals surface area contributed by atoms with E-state index in [9.17, 15) is 9.59 Å². The zero-order valence-corrected chi connectivity index (χ0v) is 17.9. The first-order valence-electron chi connectivity index (χ1n) is 10.2. The number of carbonyl (C=O) groups excluding carboxylic acids is 1. The minimum Gasteiger partial charge on any atom is -0.497 e. The van der Waals surface area contributed by atoms with Gasteiger partial charge in [-0.25, -0.2) is 0 Å². The number of hydrogen-bond donors (Lipinski definition) is 0. The molecule has 0 aliphatic carbocycles. The maximum Gasteiger partial charge on any atom is 0.295 e. The number of nitrogens with zero attached hydrogens (tertiary/aromatic N) is 1. The van der Waals surface area contributed by atoms with Crippen LogP contribution in [0.4, 0.5) is 5.69 Å². The van der Waals surface area contributed by atoms with Gasteiger partial charge in [0.25, 0.3) is 5.91 Å². The van der Waals surface area contributed by atoms with Gasteiger partial charge in [-0.2, -0.15) is 0 Å². The van der Waals surface area contributed by atoms with Crippen LogP contribution in [0.15, 0.2) is 75.9 Å². The molecule has 0 spiro atoms. The van der Waals surface area contributed by atoms with E-state index in [1.165, 1.54) is 0 Å². The molecule has 6 heteroatoms. The summed E-state index contributed by atoms with van der Waals surface area (Å²) in [5, 5.41) is 0.459. The summed E-state index contributed by atoms with van der Waals surface area (Å²) in [4.78, 5) is 28.8. The predicted octanol–water partition coefficient (Wildman–Crippen LogP) is 4.87. The van der Waals surface area contributed by atoms with Crippen LogP contribution in [0, 0.1) is 6.92 Å². The van der Waals surface area contributed by atoms with Crippen molar-refractivity contribution in [2.75, 3.05) is 19.1 Å². The standard InChI is InChI=1S/C26H21NO5/c1-15-7-12-21-20(13-15)24(28)22-23(16-5-4-6-19(14-16)31-3)27(26(29)25(22)32-21)17-8-10-18(30-2)11-9-17/h4-14,23H,1-3H3. The zero-order chi connectivity index (χ0) is 22.4. The Kier molecular flexibility index (Phi) is 4.70. The van der Waals surface area contributed by atoms with E-state index >= 15 is 0 Å². The summed E-state index contributed by atoms with van der Waals surface area (Å²) in [5.41, 5.74) is 2.85. The van der Waals surface area contributed by atoms with Crippen LogP contribution in [-0.4, -0.2) is 20.1 Å². The molecule has 1 amide bonds. The van der Waals surface area contributed by atoms with Crippen molar-refractivity contribution in [2.24, 2.45) is 0 Å². The lowest BCUT2D eigenvalue weighted by molar-refractivity contribution is 0.0971. The van der Waals surface area contributed by atoms with Gasteiger partial charge in [-0.05, 0) is 61.0 Å². The molecule has 6 nitrogen and oxygen atoms in total. The van der Waals surface area contributed by atoms with E-state index in [1.54, 1.807) is 55.5 Å². The summed E-state index contributed by atoms with van der Waals surface area (Å²) in [5.74, 6) is 1.01. The third-order valence-corrected chi connectivity index (χ3v) is 5.79. The molecule has 1 atom stereocenters. The Balaban J connectivity index is 1.79. The summed E-state index contributed by atoms with van der Waals surface area (Å²) in [7, 11) is 3.17. The summed E-state index contributed by atoms with van der Waals surface area (Å²) < 4.78 is 16.7.